The number of nitroso groups, excluding NO2 is 1. The maximum atomic E-state index is 14.0. The van der Waals surface area contributed by atoms with Crippen LogP contribution in [-0.2, 0) is 27.9 Å². The van der Waals surface area contributed by atoms with Crippen molar-refractivity contribution in [3.05, 3.63) is 93.9 Å². The molecule has 0 spiro atoms. The van der Waals surface area contributed by atoms with E-state index in [1.807, 2.05) is 30.3 Å². The summed E-state index contributed by atoms with van der Waals surface area (Å²) >= 11 is 0. The van der Waals surface area contributed by atoms with E-state index in [9.17, 15) is 31.2 Å². The van der Waals surface area contributed by atoms with Crippen molar-refractivity contribution in [1.29, 1.82) is 0 Å². The summed E-state index contributed by atoms with van der Waals surface area (Å²) in [6, 6.07) is 16.2. The highest BCUT2D eigenvalue weighted by Gasteiger charge is 2.73. The molecule has 11 heteroatoms. The molecule has 0 bridgehead atoms. The maximum absolute atomic E-state index is 14.0. The van der Waals surface area contributed by atoms with Crippen molar-refractivity contribution >= 4 is 5.69 Å². The van der Waals surface area contributed by atoms with Crippen molar-refractivity contribution in [3.8, 4) is 11.5 Å². The third-order valence-corrected chi connectivity index (χ3v) is 5.79. The van der Waals surface area contributed by atoms with E-state index in [4.69, 9.17) is 4.74 Å². The highest BCUT2D eigenvalue weighted by molar-refractivity contribution is 5.53. The summed E-state index contributed by atoms with van der Waals surface area (Å²) in [5.41, 5.74) is -4.00. The molecule has 0 amide bonds. The fourth-order valence-electron chi connectivity index (χ4n) is 4.04. The fraction of sp³-hybridized carbons (Fsp3) is 0.333. The molecular formula is C27H25F6NO4. The Kier molecular flexibility index (Phi) is 9.16. The summed E-state index contributed by atoms with van der Waals surface area (Å²) < 4.78 is 98.4. The van der Waals surface area contributed by atoms with Crippen molar-refractivity contribution in [2.45, 2.75) is 44.1 Å². The Labute approximate surface area is 215 Å². The molecule has 204 valence electrons. The smallest absolute Gasteiger partial charge is 0.430 e. The van der Waals surface area contributed by atoms with Crippen molar-refractivity contribution in [2.24, 2.45) is 5.18 Å². The van der Waals surface area contributed by atoms with E-state index >= 15 is 0 Å². The van der Waals surface area contributed by atoms with Crippen LogP contribution in [0.4, 0.5) is 32.0 Å². The summed E-state index contributed by atoms with van der Waals surface area (Å²) in [5.74, 6) is 0.306. The molecule has 0 unspecified atom stereocenters. The predicted octanol–water partition coefficient (Wildman–Crippen LogP) is 8.36. The third-order valence-electron chi connectivity index (χ3n) is 5.79. The molecule has 3 aromatic carbocycles. The summed E-state index contributed by atoms with van der Waals surface area (Å²) in [6.45, 7) is 0.489. The molecule has 3 rings (SSSR count). The second-order valence-electron chi connectivity index (χ2n) is 8.45. The van der Waals surface area contributed by atoms with Gasteiger partial charge in [0.05, 0.1) is 0 Å². The first kappa shape index (κ1) is 29.1. The second kappa shape index (κ2) is 12.0. The van der Waals surface area contributed by atoms with Gasteiger partial charge in [0.2, 0.25) is 0 Å². The predicted molar refractivity (Wildman–Crippen MR) is 128 cm³/mol. The van der Waals surface area contributed by atoms with Gasteiger partial charge in [0.15, 0.2) is 0 Å². The summed E-state index contributed by atoms with van der Waals surface area (Å²) in [5, 5.41) is 3.03. The fourth-order valence-corrected chi connectivity index (χ4v) is 4.04. The van der Waals surface area contributed by atoms with Crippen LogP contribution in [0, 0.1) is 4.91 Å². The topological polar surface area (TPSA) is 57.1 Å². The van der Waals surface area contributed by atoms with Gasteiger partial charge in [-0.15, -0.1) is 4.91 Å². The Balaban J connectivity index is 2.05. The molecule has 3 aromatic rings. The van der Waals surface area contributed by atoms with Crippen LogP contribution in [0.25, 0.3) is 0 Å². The molecule has 0 saturated carbocycles. The van der Waals surface area contributed by atoms with Crippen LogP contribution in [0.3, 0.4) is 0 Å². The van der Waals surface area contributed by atoms with Gasteiger partial charge < -0.3 is 14.2 Å². The first-order valence-electron chi connectivity index (χ1n) is 11.5. The van der Waals surface area contributed by atoms with Crippen LogP contribution in [0.2, 0.25) is 0 Å². The van der Waals surface area contributed by atoms with Crippen LogP contribution in [0.5, 0.6) is 11.5 Å². The highest BCUT2D eigenvalue weighted by Crippen LogP contribution is 2.53. The summed E-state index contributed by atoms with van der Waals surface area (Å²) in [4.78, 5) is 11.3. The van der Waals surface area contributed by atoms with Crippen LogP contribution < -0.4 is 4.74 Å². The van der Waals surface area contributed by atoms with Gasteiger partial charge in [0, 0.05) is 12.7 Å². The molecule has 0 aliphatic heterocycles. The lowest BCUT2D eigenvalue weighted by Crippen LogP contribution is -2.56. The zero-order valence-corrected chi connectivity index (χ0v) is 20.5. The number of ether oxygens (including phenoxy) is 3. The Bertz CT molecular complexity index is 1210. The number of hydrogen-bond donors (Lipinski definition) is 0. The molecule has 0 aliphatic carbocycles. The number of hydrogen-bond acceptors (Lipinski definition) is 5. The minimum Gasteiger partial charge on any atom is -0.457 e. The maximum Gasteiger partial charge on any atom is 0.430 e. The number of methoxy groups -OCH3 is 1. The van der Waals surface area contributed by atoms with Crippen molar-refractivity contribution in [2.75, 3.05) is 13.9 Å². The summed E-state index contributed by atoms with van der Waals surface area (Å²) in [6.07, 6.45) is -10.8. The number of rotatable bonds is 11. The molecule has 38 heavy (non-hydrogen) atoms. The molecule has 0 aliphatic rings. The summed E-state index contributed by atoms with van der Waals surface area (Å²) in [7, 11) is 0.925. The monoisotopic (exact) mass is 541 g/mol. The number of benzene rings is 3. The van der Waals surface area contributed by atoms with Gasteiger partial charge in [-0.3, -0.25) is 0 Å². The van der Waals surface area contributed by atoms with Gasteiger partial charge in [-0.25, -0.2) is 0 Å². The van der Waals surface area contributed by atoms with Crippen molar-refractivity contribution in [1.82, 2.24) is 0 Å². The van der Waals surface area contributed by atoms with Crippen LogP contribution >= 0.6 is 0 Å². The van der Waals surface area contributed by atoms with Gasteiger partial charge in [-0.1, -0.05) is 49.7 Å². The average molecular weight is 541 g/mol. The van der Waals surface area contributed by atoms with E-state index in [0.29, 0.717) is 24.5 Å². The molecule has 0 heterocycles. The third kappa shape index (κ3) is 6.16. The number of alkyl halides is 6. The van der Waals surface area contributed by atoms with E-state index < -0.39 is 30.3 Å². The minimum absolute atomic E-state index is 0.0677. The number of nitrogens with zero attached hydrogens (tertiary/aromatic N) is 1. The largest absolute Gasteiger partial charge is 0.457 e. The minimum atomic E-state index is -5.83. The van der Waals surface area contributed by atoms with Crippen molar-refractivity contribution in [3.63, 3.8) is 0 Å². The molecule has 0 saturated heterocycles. The van der Waals surface area contributed by atoms with Crippen molar-refractivity contribution < 1.29 is 40.6 Å². The normalized spacial score (nSPS) is 12.4. The van der Waals surface area contributed by atoms with Gasteiger partial charge in [-0.2, -0.15) is 26.3 Å². The van der Waals surface area contributed by atoms with Crippen LogP contribution in [-0.4, -0.2) is 26.3 Å². The molecule has 0 N–H and O–H groups in total. The zero-order chi connectivity index (χ0) is 28.0. The van der Waals surface area contributed by atoms with E-state index in [-0.39, 0.29) is 29.2 Å². The lowest BCUT2D eigenvalue weighted by Gasteiger charge is -2.37. The standard InChI is InChI=1S/C27H25F6NO4/c1-3-7-19-15-21(25(26(28,29)30,27(31,32)33)37-17-36-2)10-13-24(19)38-22-11-12-23(34-35)20(16-22)14-18-8-5-4-6-9-18/h4-6,8-13,15-16H,3,7,14,17H2,1-2H3. The average Bonchev–Trinajstić information content (AvgIpc) is 2.85. The van der Waals surface area contributed by atoms with Gasteiger partial charge in [-0.05, 0) is 65.0 Å². The van der Waals surface area contributed by atoms with E-state index in [1.54, 1.807) is 13.0 Å². The molecular weight excluding hydrogens is 516 g/mol. The Morgan fingerprint density at radius 1 is 0.842 bits per heavy atom. The lowest BCUT2D eigenvalue weighted by atomic mass is 9.89. The highest BCUT2D eigenvalue weighted by atomic mass is 19.4. The second-order valence-corrected chi connectivity index (χ2v) is 8.45. The van der Waals surface area contributed by atoms with Gasteiger partial charge in [0.25, 0.3) is 5.60 Å². The Morgan fingerprint density at radius 3 is 2.11 bits per heavy atom. The Hall–Kier alpha value is -3.44. The number of aryl methyl sites for hydroxylation is 1. The zero-order valence-electron chi connectivity index (χ0n) is 20.5. The van der Waals surface area contributed by atoms with Crippen LogP contribution in [0.15, 0.2) is 71.9 Å². The van der Waals surface area contributed by atoms with E-state index in [0.717, 1.165) is 24.8 Å². The first-order valence-corrected chi connectivity index (χ1v) is 11.5. The molecule has 0 radical (unpaired) electrons. The molecule has 0 fully saturated rings. The van der Waals surface area contributed by atoms with Gasteiger partial charge in [0.1, 0.15) is 24.0 Å². The van der Waals surface area contributed by atoms with Gasteiger partial charge >= 0.3 is 12.4 Å². The lowest BCUT2D eigenvalue weighted by molar-refractivity contribution is -0.400. The number of halogens is 6. The van der Waals surface area contributed by atoms with Crippen LogP contribution in [0.1, 0.15) is 35.6 Å². The Morgan fingerprint density at radius 2 is 1.53 bits per heavy atom. The van der Waals surface area contributed by atoms with E-state index in [1.165, 1.54) is 12.1 Å². The van der Waals surface area contributed by atoms with E-state index in [2.05, 4.69) is 14.7 Å². The molecule has 0 atom stereocenters. The molecule has 5 nitrogen and oxygen atoms in total. The first-order chi connectivity index (χ1) is 18.0. The molecule has 0 aromatic heterocycles. The quantitative estimate of drug-likeness (QED) is 0.139. The SMILES string of the molecule is CCCc1cc(C(OCOC)(C(F)(F)F)C(F)(F)F)ccc1Oc1ccc(N=O)c(Cc2ccccc2)c1.